The lowest BCUT2D eigenvalue weighted by Gasteiger charge is -2.29. The Morgan fingerprint density at radius 2 is 2.06 bits per heavy atom. The summed E-state index contributed by atoms with van der Waals surface area (Å²) in [5.41, 5.74) is 6.77. The number of hydrogen-bond donors (Lipinski definition) is 1. The molecule has 0 heterocycles. The lowest BCUT2D eigenvalue weighted by Crippen LogP contribution is -2.34. The maximum Gasteiger partial charge on any atom is 0.123 e. The van der Waals surface area contributed by atoms with Crippen molar-refractivity contribution in [3.63, 3.8) is 0 Å². The Hall–Kier alpha value is -1.44. The van der Waals surface area contributed by atoms with Gasteiger partial charge in [-0.15, -0.1) is 0 Å². The fraction of sp³-hybridized carbons (Fsp3) is 0.462. The minimum atomic E-state index is -0.246. The molecule has 0 spiro atoms. The lowest BCUT2D eigenvalue weighted by molar-refractivity contribution is 0.217. The molecule has 1 unspecified atom stereocenters. The Kier molecular flexibility index (Phi) is 5.61. The Bertz CT molecular complexity index is 369. The molecule has 0 aliphatic heterocycles. The molecule has 92 valence electrons. The fourth-order valence-corrected chi connectivity index (χ4v) is 1.91. The molecule has 0 radical (unpaired) electrons. The Morgan fingerprint density at radius 3 is 2.53 bits per heavy atom. The second-order valence-electron chi connectivity index (χ2n) is 3.84. The third-order valence-corrected chi connectivity index (χ3v) is 2.84. The van der Waals surface area contributed by atoms with Crippen LogP contribution in [0.5, 0.6) is 0 Å². The third-order valence-electron chi connectivity index (χ3n) is 2.84. The molecule has 0 saturated carbocycles. The van der Waals surface area contributed by atoms with Crippen molar-refractivity contribution in [2.45, 2.75) is 19.4 Å². The first-order valence-electron chi connectivity index (χ1n) is 5.79. The largest absolute Gasteiger partial charge is 0.329 e. The monoisotopic (exact) mass is 235 g/mol. The summed E-state index contributed by atoms with van der Waals surface area (Å²) in [5.74, 6) is -0.246. The molecule has 0 aliphatic rings. The van der Waals surface area contributed by atoms with Gasteiger partial charge in [0.2, 0.25) is 0 Å². The summed E-state index contributed by atoms with van der Waals surface area (Å²) in [7, 11) is 0. The number of benzene rings is 1. The first kappa shape index (κ1) is 13.6. The molecule has 0 bridgehead atoms. The van der Waals surface area contributed by atoms with E-state index in [1.54, 1.807) is 12.1 Å². The molecule has 1 rings (SSSR count). The van der Waals surface area contributed by atoms with Crippen molar-refractivity contribution in [3.05, 3.63) is 35.6 Å². The van der Waals surface area contributed by atoms with Gasteiger partial charge in [-0.25, -0.2) is 4.39 Å². The van der Waals surface area contributed by atoms with E-state index in [2.05, 4.69) is 11.0 Å². The van der Waals surface area contributed by atoms with E-state index >= 15 is 0 Å². The zero-order chi connectivity index (χ0) is 12.7. The molecule has 0 amide bonds. The summed E-state index contributed by atoms with van der Waals surface area (Å²) >= 11 is 0. The van der Waals surface area contributed by atoms with E-state index in [0.29, 0.717) is 19.5 Å². The SMILES string of the molecule is CCN(CCC#N)C(CN)c1ccc(F)cc1. The smallest absolute Gasteiger partial charge is 0.123 e. The summed E-state index contributed by atoms with van der Waals surface area (Å²) in [6.07, 6.45) is 0.478. The standard InChI is InChI=1S/C13H18FN3/c1-2-17(9-3-8-15)13(10-16)11-4-6-12(14)7-5-11/h4-7,13H,2-3,9-10,16H2,1H3. The van der Waals surface area contributed by atoms with Gasteiger partial charge in [0.25, 0.3) is 0 Å². The number of nitrogens with two attached hydrogens (primary N) is 1. The molecule has 2 N–H and O–H groups in total. The maximum atomic E-state index is 12.9. The lowest BCUT2D eigenvalue weighted by atomic mass is 10.0. The van der Waals surface area contributed by atoms with Crippen LogP contribution in [0.25, 0.3) is 0 Å². The van der Waals surface area contributed by atoms with Crippen molar-refractivity contribution in [3.8, 4) is 6.07 Å². The number of rotatable bonds is 6. The van der Waals surface area contributed by atoms with Crippen LogP contribution in [0.4, 0.5) is 4.39 Å². The first-order valence-corrected chi connectivity index (χ1v) is 5.79. The molecule has 17 heavy (non-hydrogen) atoms. The highest BCUT2D eigenvalue weighted by Crippen LogP contribution is 2.19. The van der Waals surface area contributed by atoms with Crippen LogP contribution in [0.3, 0.4) is 0 Å². The zero-order valence-electron chi connectivity index (χ0n) is 10.1. The topological polar surface area (TPSA) is 53.0 Å². The van der Waals surface area contributed by atoms with E-state index in [9.17, 15) is 4.39 Å². The summed E-state index contributed by atoms with van der Waals surface area (Å²) in [4.78, 5) is 2.14. The quantitative estimate of drug-likeness (QED) is 0.821. The molecular weight excluding hydrogens is 217 g/mol. The van der Waals surface area contributed by atoms with E-state index in [0.717, 1.165) is 12.1 Å². The van der Waals surface area contributed by atoms with Crippen LogP contribution in [0.1, 0.15) is 24.9 Å². The fourth-order valence-electron chi connectivity index (χ4n) is 1.91. The van der Waals surface area contributed by atoms with Gasteiger partial charge in [-0.1, -0.05) is 19.1 Å². The van der Waals surface area contributed by atoms with E-state index in [1.807, 2.05) is 6.92 Å². The van der Waals surface area contributed by atoms with Crippen LogP contribution in [-0.4, -0.2) is 24.5 Å². The molecule has 4 heteroatoms. The van der Waals surface area contributed by atoms with Gasteiger partial charge in [-0.2, -0.15) is 5.26 Å². The van der Waals surface area contributed by atoms with E-state index in [1.165, 1.54) is 12.1 Å². The van der Waals surface area contributed by atoms with Crippen molar-refractivity contribution >= 4 is 0 Å². The minimum absolute atomic E-state index is 0.0500. The van der Waals surface area contributed by atoms with Gasteiger partial charge in [0.1, 0.15) is 5.82 Å². The number of nitrogens with zero attached hydrogens (tertiary/aromatic N) is 2. The average molecular weight is 235 g/mol. The molecule has 1 atom stereocenters. The molecule has 1 aromatic rings. The Labute approximate surface area is 102 Å². The van der Waals surface area contributed by atoms with Gasteiger partial charge in [-0.05, 0) is 24.2 Å². The van der Waals surface area contributed by atoms with Crippen molar-refractivity contribution in [1.29, 1.82) is 5.26 Å². The average Bonchev–Trinajstić information content (AvgIpc) is 2.36. The number of hydrogen-bond acceptors (Lipinski definition) is 3. The first-order chi connectivity index (χ1) is 8.22. The second kappa shape index (κ2) is 7.00. The predicted molar refractivity (Wildman–Crippen MR) is 65.7 cm³/mol. The molecule has 3 nitrogen and oxygen atoms in total. The molecule has 0 aliphatic carbocycles. The summed E-state index contributed by atoms with van der Waals surface area (Å²) in [6.45, 7) is 4.00. The summed E-state index contributed by atoms with van der Waals surface area (Å²) in [5, 5.41) is 8.61. The maximum absolute atomic E-state index is 12.9. The molecule has 0 fully saturated rings. The Balaban J connectivity index is 2.81. The molecule has 1 aromatic carbocycles. The molecule has 0 aromatic heterocycles. The van der Waals surface area contributed by atoms with Crippen molar-refractivity contribution in [2.24, 2.45) is 5.73 Å². The normalized spacial score (nSPS) is 12.4. The van der Waals surface area contributed by atoms with Crippen LogP contribution in [0, 0.1) is 17.1 Å². The van der Waals surface area contributed by atoms with Crippen molar-refractivity contribution < 1.29 is 4.39 Å². The van der Waals surface area contributed by atoms with Crippen LogP contribution in [-0.2, 0) is 0 Å². The van der Waals surface area contributed by atoms with E-state index in [-0.39, 0.29) is 11.9 Å². The van der Waals surface area contributed by atoms with Crippen molar-refractivity contribution in [1.82, 2.24) is 4.90 Å². The highest BCUT2D eigenvalue weighted by Gasteiger charge is 2.17. The third kappa shape index (κ3) is 3.81. The van der Waals surface area contributed by atoms with Crippen LogP contribution in [0.15, 0.2) is 24.3 Å². The summed E-state index contributed by atoms with van der Waals surface area (Å²) < 4.78 is 12.9. The second-order valence-corrected chi connectivity index (χ2v) is 3.84. The van der Waals surface area contributed by atoms with Gasteiger partial charge in [0.05, 0.1) is 6.07 Å². The van der Waals surface area contributed by atoms with Crippen LogP contribution < -0.4 is 5.73 Å². The van der Waals surface area contributed by atoms with Gasteiger partial charge >= 0.3 is 0 Å². The van der Waals surface area contributed by atoms with Gasteiger partial charge < -0.3 is 5.73 Å². The van der Waals surface area contributed by atoms with Gasteiger partial charge in [-0.3, -0.25) is 4.90 Å². The van der Waals surface area contributed by atoms with Crippen LogP contribution in [0.2, 0.25) is 0 Å². The zero-order valence-corrected chi connectivity index (χ0v) is 10.1. The number of halogens is 1. The molecule has 0 saturated heterocycles. The Morgan fingerprint density at radius 1 is 1.41 bits per heavy atom. The minimum Gasteiger partial charge on any atom is -0.329 e. The van der Waals surface area contributed by atoms with Crippen molar-refractivity contribution in [2.75, 3.05) is 19.6 Å². The number of nitriles is 1. The van der Waals surface area contributed by atoms with E-state index < -0.39 is 0 Å². The predicted octanol–water partition coefficient (Wildman–Crippen LogP) is 2.06. The van der Waals surface area contributed by atoms with Gasteiger partial charge in [0, 0.05) is 25.6 Å². The number of likely N-dealkylation sites (N-methyl/N-ethyl adjacent to an activating group) is 1. The van der Waals surface area contributed by atoms with Crippen LogP contribution >= 0.6 is 0 Å². The van der Waals surface area contributed by atoms with Gasteiger partial charge in [0.15, 0.2) is 0 Å². The van der Waals surface area contributed by atoms with E-state index in [4.69, 9.17) is 11.0 Å². The molecular formula is C13H18FN3. The summed E-state index contributed by atoms with van der Waals surface area (Å²) in [6, 6.07) is 8.56. The highest BCUT2D eigenvalue weighted by atomic mass is 19.1. The highest BCUT2D eigenvalue weighted by molar-refractivity contribution is 5.20.